The summed E-state index contributed by atoms with van der Waals surface area (Å²) < 4.78 is 0.886. The molecular weight excluding hydrogens is 319 g/mol. The molecule has 0 atom stereocenters. The topological polar surface area (TPSA) is 55.2 Å². The zero-order chi connectivity index (χ0) is 11.5. The van der Waals surface area contributed by atoms with Gasteiger partial charge in [0.15, 0.2) is 0 Å². The van der Waals surface area contributed by atoms with Gasteiger partial charge in [0.1, 0.15) is 5.69 Å². The molecule has 2 rings (SSSR count). The van der Waals surface area contributed by atoms with Crippen molar-refractivity contribution in [2.75, 3.05) is 11.9 Å². The number of nitro groups is 1. The zero-order valence-electron chi connectivity index (χ0n) is 8.78. The fourth-order valence-electron chi connectivity index (χ4n) is 1.62. The van der Waals surface area contributed by atoms with E-state index in [4.69, 9.17) is 0 Å². The van der Waals surface area contributed by atoms with Gasteiger partial charge in [-0.1, -0.05) is 12.8 Å². The predicted octanol–water partition coefficient (Wildman–Crippen LogP) is 3.41. The second-order valence-corrected chi connectivity index (χ2v) is 5.32. The van der Waals surface area contributed by atoms with Gasteiger partial charge in [-0.2, -0.15) is 0 Å². The molecule has 0 amide bonds. The summed E-state index contributed by atoms with van der Waals surface area (Å²) in [4.78, 5) is 10.5. The molecule has 1 aromatic rings. The van der Waals surface area contributed by atoms with E-state index < -0.39 is 0 Å². The van der Waals surface area contributed by atoms with E-state index in [-0.39, 0.29) is 10.6 Å². The Hall–Kier alpha value is -0.850. The molecule has 16 heavy (non-hydrogen) atoms. The average molecular weight is 332 g/mol. The third-order valence-electron chi connectivity index (χ3n) is 2.72. The minimum atomic E-state index is -0.332. The van der Waals surface area contributed by atoms with Crippen molar-refractivity contribution in [3.05, 3.63) is 31.9 Å². The van der Waals surface area contributed by atoms with Crippen LogP contribution in [0.3, 0.4) is 0 Å². The van der Waals surface area contributed by atoms with Crippen LogP contribution in [0.2, 0.25) is 0 Å². The molecule has 0 aromatic heterocycles. The summed E-state index contributed by atoms with van der Waals surface area (Å²) in [6, 6.07) is 5.26. The first kappa shape index (κ1) is 11.6. The lowest BCUT2D eigenvalue weighted by Crippen LogP contribution is -2.05. The first-order chi connectivity index (χ1) is 7.66. The molecule has 0 aliphatic heterocycles. The van der Waals surface area contributed by atoms with Crippen LogP contribution in [0.25, 0.3) is 0 Å². The van der Waals surface area contributed by atoms with E-state index in [1.807, 2.05) is 6.07 Å². The maximum atomic E-state index is 10.8. The molecule has 0 unspecified atom stereocenters. The Morgan fingerprint density at radius 3 is 2.88 bits per heavy atom. The van der Waals surface area contributed by atoms with Crippen molar-refractivity contribution in [1.29, 1.82) is 0 Å². The quantitative estimate of drug-likeness (QED) is 0.511. The number of nitrogens with one attached hydrogen (secondary N) is 1. The molecule has 1 aliphatic rings. The highest BCUT2D eigenvalue weighted by molar-refractivity contribution is 14.1. The van der Waals surface area contributed by atoms with Gasteiger partial charge in [-0.3, -0.25) is 10.1 Å². The van der Waals surface area contributed by atoms with Crippen molar-refractivity contribution in [2.45, 2.75) is 19.3 Å². The van der Waals surface area contributed by atoms with Crippen molar-refractivity contribution in [3.8, 4) is 0 Å². The van der Waals surface area contributed by atoms with Gasteiger partial charge in [-0.05, 0) is 47.1 Å². The van der Waals surface area contributed by atoms with Crippen LogP contribution in [0, 0.1) is 19.6 Å². The zero-order valence-corrected chi connectivity index (χ0v) is 10.9. The fourth-order valence-corrected chi connectivity index (χ4v) is 2.10. The number of benzene rings is 1. The molecule has 1 aromatic carbocycles. The molecule has 0 radical (unpaired) electrons. The van der Waals surface area contributed by atoms with E-state index >= 15 is 0 Å². The van der Waals surface area contributed by atoms with E-state index in [1.54, 1.807) is 12.1 Å². The Morgan fingerprint density at radius 2 is 2.25 bits per heavy atom. The van der Waals surface area contributed by atoms with Crippen LogP contribution in [0.1, 0.15) is 19.3 Å². The summed E-state index contributed by atoms with van der Waals surface area (Å²) >= 11 is 2.08. The monoisotopic (exact) mass is 332 g/mol. The van der Waals surface area contributed by atoms with Gasteiger partial charge in [-0.25, -0.2) is 0 Å². The molecule has 1 aliphatic carbocycles. The van der Waals surface area contributed by atoms with Crippen LogP contribution in [-0.2, 0) is 0 Å². The van der Waals surface area contributed by atoms with Gasteiger partial charge in [0, 0.05) is 16.2 Å². The number of halogens is 1. The summed E-state index contributed by atoms with van der Waals surface area (Å²) in [5.74, 6) is 0.843. The van der Waals surface area contributed by atoms with E-state index in [0.29, 0.717) is 5.69 Å². The predicted molar refractivity (Wildman–Crippen MR) is 71.6 cm³/mol. The standard InChI is InChI=1S/C11H13IN2O2/c12-9-3-4-10(11(7-9)14(15)16)13-6-5-8-1-2-8/h3-4,7-8,13H,1-2,5-6H2. The Labute approximate surface area is 108 Å². The number of nitrogens with zero attached hydrogens (tertiary/aromatic N) is 1. The highest BCUT2D eigenvalue weighted by Crippen LogP contribution is 2.33. The molecule has 5 heteroatoms. The van der Waals surface area contributed by atoms with E-state index in [2.05, 4.69) is 27.9 Å². The first-order valence-corrected chi connectivity index (χ1v) is 6.42. The minimum Gasteiger partial charge on any atom is -0.379 e. The van der Waals surface area contributed by atoms with Crippen molar-refractivity contribution < 1.29 is 4.92 Å². The second kappa shape index (κ2) is 4.99. The Bertz CT molecular complexity index is 405. The molecule has 1 fully saturated rings. The van der Waals surface area contributed by atoms with Gasteiger partial charge < -0.3 is 5.32 Å². The fraction of sp³-hybridized carbons (Fsp3) is 0.455. The molecule has 0 heterocycles. The van der Waals surface area contributed by atoms with Crippen molar-refractivity contribution in [3.63, 3.8) is 0 Å². The first-order valence-electron chi connectivity index (χ1n) is 5.34. The molecule has 0 spiro atoms. The third-order valence-corrected chi connectivity index (χ3v) is 3.39. The van der Waals surface area contributed by atoms with Crippen LogP contribution < -0.4 is 5.32 Å². The summed E-state index contributed by atoms with van der Waals surface area (Å²) in [7, 11) is 0. The average Bonchev–Trinajstić information content (AvgIpc) is 3.04. The number of anilines is 1. The Kier molecular flexibility index (Phi) is 3.63. The lowest BCUT2D eigenvalue weighted by Gasteiger charge is -2.06. The number of hydrogen-bond acceptors (Lipinski definition) is 3. The molecule has 86 valence electrons. The molecule has 0 saturated heterocycles. The normalized spacial score (nSPS) is 14.8. The second-order valence-electron chi connectivity index (χ2n) is 4.08. The van der Waals surface area contributed by atoms with Gasteiger partial charge in [0.2, 0.25) is 0 Å². The Balaban J connectivity index is 2.02. The number of hydrogen-bond donors (Lipinski definition) is 1. The van der Waals surface area contributed by atoms with Crippen LogP contribution in [0.5, 0.6) is 0 Å². The van der Waals surface area contributed by atoms with E-state index in [0.717, 1.165) is 22.5 Å². The van der Waals surface area contributed by atoms with Crippen molar-refractivity contribution in [1.82, 2.24) is 0 Å². The van der Waals surface area contributed by atoms with Gasteiger partial charge in [0.05, 0.1) is 4.92 Å². The largest absolute Gasteiger partial charge is 0.379 e. The number of rotatable bonds is 5. The van der Waals surface area contributed by atoms with Crippen LogP contribution in [0.15, 0.2) is 18.2 Å². The van der Waals surface area contributed by atoms with E-state index in [1.165, 1.54) is 12.8 Å². The highest BCUT2D eigenvalue weighted by atomic mass is 127. The van der Waals surface area contributed by atoms with Crippen LogP contribution in [0.4, 0.5) is 11.4 Å². The maximum absolute atomic E-state index is 10.8. The summed E-state index contributed by atoms with van der Waals surface area (Å²) in [6.07, 6.45) is 3.75. The number of nitro benzene ring substituents is 1. The molecule has 0 bridgehead atoms. The summed E-state index contributed by atoms with van der Waals surface area (Å²) in [6.45, 7) is 0.825. The lowest BCUT2D eigenvalue weighted by atomic mass is 10.2. The molecule has 1 N–H and O–H groups in total. The van der Waals surface area contributed by atoms with E-state index in [9.17, 15) is 10.1 Å². The van der Waals surface area contributed by atoms with Crippen LogP contribution in [-0.4, -0.2) is 11.5 Å². The summed E-state index contributed by atoms with van der Waals surface area (Å²) in [5.41, 5.74) is 0.800. The van der Waals surface area contributed by atoms with Crippen molar-refractivity contribution in [2.24, 2.45) is 5.92 Å². The van der Waals surface area contributed by atoms with Crippen LogP contribution >= 0.6 is 22.6 Å². The third kappa shape index (κ3) is 3.07. The highest BCUT2D eigenvalue weighted by Gasteiger charge is 2.21. The van der Waals surface area contributed by atoms with Gasteiger partial charge in [0.25, 0.3) is 5.69 Å². The SMILES string of the molecule is O=[N+]([O-])c1cc(I)ccc1NCCC1CC1. The van der Waals surface area contributed by atoms with Crippen molar-refractivity contribution >= 4 is 34.0 Å². The maximum Gasteiger partial charge on any atom is 0.293 e. The van der Waals surface area contributed by atoms with Gasteiger partial charge in [-0.15, -0.1) is 0 Å². The molecular formula is C11H13IN2O2. The smallest absolute Gasteiger partial charge is 0.293 e. The molecule has 1 saturated carbocycles. The molecule has 4 nitrogen and oxygen atoms in total. The summed E-state index contributed by atoms with van der Waals surface area (Å²) in [5, 5.41) is 14.0. The minimum absolute atomic E-state index is 0.169. The van der Waals surface area contributed by atoms with Gasteiger partial charge >= 0.3 is 0 Å². The Morgan fingerprint density at radius 1 is 1.50 bits per heavy atom. The lowest BCUT2D eigenvalue weighted by molar-refractivity contribution is -0.384.